The molecule has 0 spiro atoms. The molecule has 0 saturated heterocycles. The normalized spacial score (nSPS) is 10.6. The Morgan fingerprint density at radius 3 is 2.68 bits per heavy atom. The van der Waals surface area contributed by atoms with E-state index in [0.29, 0.717) is 35.4 Å². The number of nitrogens with zero attached hydrogens (tertiary/aromatic N) is 1. The number of imidazole rings is 1. The van der Waals surface area contributed by atoms with Crippen molar-refractivity contribution in [2.75, 3.05) is 13.1 Å². The molecule has 0 saturated carbocycles. The molecule has 3 N–H and O–H groups in total. The van der Waals surface area contributed by atoms with Gasteiger partial charge in [-0.15, -0.1) is 0 Å². The molecule has 0 aliphatic heterocycles. The number of carbonyl (C=O) groups excluding carboxylic acids is 2. The molecule has 25 heavy (non-hydrogen) atoms. The van der Waals surface area contributed by atoms with E-state index in [-0.39, 0.29) is 24.2 Å². The van der Waals surface area contributed by atoms with Crippen LogP contribution in [0.1, 0.15) is 16.2 Å². The topological polar surface area (TPSA) is 86.9 Å². The second-order valence-electron chi connectivity index (χ2n) is 5.49. The van der Waals surface area contributed by atoms with Crippen molar-refractivity contribution in [1.29, 1.82) is 0 Å². The fourth-order valence-corrected chi connectivity index (χ4v) is 2.39. The molecule has 0 aliphatic carbocycles. The lowest BCUT2D eigenvalue weighted by Gasteiger charge is -2.06. The van der Waals surface area contributed by atoms with Gasteiger partial charge < -0.3 is 15.6 Å². The third kappa shape index (κ3) is 4.41. The summed E-state index contributed by atoms with van der Waals surface area (Å²) >= 11 is 0. The second kappa shape index (κ2) is 7.57. The van der Waals surface area contributed by atoms with Gasteiger partial charge in [-0.05, 0) is 30.3 Å². The van der Waals surface area contributed by atoms with Gasteiger partial charge in [0.1, 0.15) is 11.6 Å². The number of aromatic nitrogens is 2. The predicted octanol–water partition coefficient (Wildman–Crippen LogP) is 1.79. The van der Waals surface area contributed by atoms with Crippen molar-refractivity contribution in [2.45, 2.75) is 6.42 Å². The van der Waals surface area contributed by atoms with Crippen molar-refractivity contribution in [3.8, 4) is 0 Å². The summed E-state index contributed by atoms with van der Waals surface area (Å²) in [6.07, 6.45) is 0.481. The first-order valence-electron chi connectivity index (χ1n) is 7.86. The van der Waals surface area contributed by atoms with Gasteiger partial charge in [0, 0.05) is 18.5 Å². The number of hydrogen-bond acceptors (Lipinski definition) is 3. The summed E-state index contributed by atoms with van der Waals surface area (Å²) < 4.78 is 13.1. The lowest BCUT2D eigenvalue weighted by molar-refractivity contribution is -0.120. The lowest BCUT2D eigenvalue weighted by Crippen LogP contribution is -2.37. The van der Waals surface area contributed by atoms with Crippen LogP contribution in [0.15, 0.2) is 48.5 Å². The SMILES string of the molecule is O=C(CNC(=O)c1ccccc1)NCCc1nc2ccc(F)cc2[nH]1. The lowest BCUT2D eigenvalue weighted by atomic mass is 10.2. The zero-order valence-corrected chi connectivity index (χ0v) is 13.4. The van der Waals surface area contributed by atoms with Crippen molar-refractivity contribution in [3.63, 3.8) is 0 Å². The maximum absolute atomic E-state index is 13.1. The number of H-pyrrole nitrogens is 1. The molecule has 2 aromatic carbocycles. The predicted molar refractivity (Wildman–Crippen MR) is 91.5 cm³/mol. The number of benzene rings is 2. The van der Waals surface area contributed by atoms with E-state index in [9.17, 15) is 14.0 Å². The van der Waals surface area contributed by atoms with Gasteiger partial charge in [-0.3, -0.25) is 9.59 Å². The summed E-state index contributed by atoms with van der Waals surface area (Å²) in [5, 5.41) is 5.26. The molecule has 3 aromatic rings. The average Bonchev–Trinajstić information content (AvgIpc) is 3.02. The minimum atomic E-state index is -0.329. The third-order valence-corrected chi connectivity index (χ3v) is 3.62. The number of aromatic amines is 1. The molecule has 2 amide bonds. The van der Waals surface area contributed by atoms with E-state index in [4.69, 9.17) is 0 Å². The van der Waals surface area contributed by atoms with E-state index in [0.717, 1.165) is 0 Å². The summed E-state index contributed by atoms with van der Waals surface area (Å²) in [4.78, 5) is 30.9. The van der Waals surface area contributed by atoms with Gasteiger partial charge in [0.15, 0.2) is 0 Å². The Hall–Kier alpha value is -3.22. The van der Waals surface area contributed by atoms with Gasteiger partial charge in [0.25, 0.3) is 5.91 Å². The van der Waals surface area contributed by atoms with E-state index < -0.39 is 0 Å². The van der Waals surface area contributed by atoms with Crippen LogP contribution in [0.3, 0.4) is 0 Å². The Bertz CT molecular complexity index is 892. The first-order chi connectivity index (χ1) is 12.1. The first-order valence-corrected chi connectivity index (χ1v) is 7.86. The van der Waals surface area contributed by atoms with Crippen molar-refractivity contribution in [2.24, 2.45) is 0 Å². The molecular formula is C18H17FN4O2. The van der Waals surface area contributed by atoms with Gasteiger partial charge in [-0.25, -0.2) is 9.37 Å². The summed E-state index contributed by atoms with van der Waals surface area (Å²) in [5.41, 5.74) is 1.80. The molecule has 0 radical (unpaired) electrons. The van der Waals surface area contributed by atoms with Crippen molar-refractivity contribution < 1.29 is 14.0 Å². The molecule has 3 rings (SSSR count). The molecule has 0 atom stereocenters. The van der Waals surface area contributed by atoms with Crippen LogP contribution in [0.5, 0.6) is 0 Å². The van der Waals surface area contributed by atoms with Crippen LogP contribution >= 0.6 is 0 Å². The molecule has 1 aromatic heterocycles. The number of fused-ring (bicyclic) bond motifs is 1. The van der Waals surface area contributed by atoms with E-state index in [2.05, 4.69) is 20.6 Å². The van der Waals surface area contributed by atoms with Crippen LogP contribution < -0.4 is 10.6 Å². The van der Waals surface area contributed by atoms with Crippen molar-refractivity contribution in [3.05, 3.63) is 65.7 Å². The summed E-state index contributed by atoms with van der Waals surface area (Å²) in [6, 6.07) is 13.0. The Morgan fingerprint density at radius 2 is 1.88 bits per heavy atom. The molecule has 0 fully saturated rings. The molecule has 7 heteroatoms. The van der Waals surface area contributed by atoms with Gasteiger partial charge in [0.2, 0.25) is 5.91 Å². The highest BCUT2D eigenvalue weighted by atomic mass is 19.1. The highest BCUT2D eigenvalue weighted by Crippen LogP contribution is 2.12. The van der Waals surface area contributed by atoms with Gasteiger partial charge in [-0.1, -0.05) is 18.2 Å². The smallest absolute Gasteiger partial charge is 0.251 e. The molecular weight excluding hydrogens is 323 g/mol. The van der Waals surface area contributed by atoms with Crippen LogP contribution in [0, 0.1) is 5.82 Å². The summed E-state index contributed by atoms with van der Waals surface area (Å²) in [5.74, 6) is -0.249. The van der Waals surface area contributed by atoms with Gasteiger partial charge in [0.05, 0.1) is 17.6 Å². The number of amides is 2. The second-order valence-corrected chi connectivity index (χ2v) is 5.49. The van der Waals surface area contributed by atoms with E-state index in [1.165, 1.54) is 12.1 Å². The summed E-state index contributed by atoms with van der Waals surface area (Å²) in [6.45, 7) is 0.265. The highest BCUT2D eigenvalue weighted by Gasteiger charge is 2.08. The first kappa shape index (κ1) is 16.6. The fraction of sp³-hybridized carbons (Fsp3) is 0.167. The van der Waals surface area contributed by atoms with E-state index >= 15 is 0 Å². The number of nitrogens with one attached hydrogen (secondary N) is 3. The maximum Gasteiger partial charge on any atom is 0.251 e. The van der Waals surface area contributed by atoms with Crippen LogP contribution in [-0.2, 0) is 11.2 Å². The number of carbonyl (C=O) groups is 2. The van der Waals surface area contributed by atoms with Crippen molar-refractivity contribution in [1.82, 2.24) is 20.6 Å². The van der Waals surface area contributed by atoms with Crippen molar-refractivity contribution >= 4 is 22.8 Å². The molecule has 0 unspecified atom stereocenters. The molecule has 1 heterocycles. The van der Waals surface area contributed by atoms with Crippen LogP contribution in [0.25, 0.3) is 11.0 Å². The minimum Gasteiger partial charge on any atom is -0.354 e. The molecule has 0 aliphatic rings. The molecule has 0 bridgehead atoms. The Labute approximate surface area is 143 Å². The van der Waals surface area contributed by atoms with E-state index in [1.54, 1.807) is 30.3 Å². The monoisotopic (exact) mass is 340 g/mol. The van der Waals surface area contributed by atoms with E-state index in [1.807, 2.05) is 6.07 Å². The molecule has 128 valence electrons. The quantitative estimate of drug-likeness (QED) is 0.639. The summed E-state index contributed by atoms with van der Waals surface area (Å²) in [7, 11) is 0. The average molecular weight is 340 g/mol. The highest BCUT2D eigenvalue weighted by molar-refractivity contribution is 5.96. The Balaban J connectivity index is 1.43. The van der Waals surface area contributed by atoms with Gasteiger partial charge in [-0.2, -0.15) is 0 Å². The largest absolute Gasteiger partial charge is 0.354 e. The molecule has 6 nitrogen and oxygen atoms in total. The zero-order chi connectivity index (χ0) is 17.6. The Kier molecular flexibility index (Phi) is 5.03. The Morgan fingerprint density at radius 1 is 1.08 bits per heavy atom. The standard InChI is InChI=1S/C18H17FN4O2/c19-13-6-7-14-15(10-13)23-16(22-14)8-9-20-17(24)11-21-18(25)12-4-2-1-3-5-12/h1-7,10H,8-9,11H2,(H,20,24)(H,21,25)(H,22,23). The fourth-order valence-electron chi connectivity index (χ4n) is 2.39. The van der Waals surface area contributed by atoms with Crippen LogP contribution in [-0.4, -0.2) is 34.9 Å². The maximum atomic E-state index is 13.1. The third-order valence-electron chi connectivity index (χ3n) is 3.62. The minimum absolute atomic E-state index is 0.0981. The van der Waals surface area contributed by atoms with Gasteiger partial charge >= 0.3 is 0 Å². The number of halogens is 1. The van der Waals surface area contributed by atoms with Crippen LogP contribution in [0.2, 0.25) is 0 Å². The van der Waals surface area contributed by atoms with Crippen LogP contribution in [0.4, 0.5) is 4.39 Å². The number of rotatable bonds is 6. The number of hydrogen-bond donors (Lipinski definition) is 3. The zero-order valence-electron chi connectivity index (χ0n) is 13.4.